The third-order valence-corrected chi connectivity index (χ3v) is 4.45. The highest BCUT2D eigenvalue weighted by Crippen LogP contribution is 2.20. The molecule has 0 spiro atoms. The van der Waals surface area contributed by atoms with Gasteiger partial charge in [0.15, 0.2) is 5.11 Å². The molecule has 0 aliphatic carbocycles. The van der Waals surface area contributed by atoms with E-state index in [9.17, 15) is 9.18 Å². The third kappa shape index (κ3) is 3.61. The van der Waals surface area contributed by atoms with Crippen molar-refractivity contribution >= 4 is 34.6 Å². The predicted molar refractivity (Wildman–Crippen MR) is 93.4 cm³/mol. The van der Waals surface area contributed by atoms with Crippen molar-refractivity contribution in [1.82, 2.24) is 20.2 Å². The molecule has 0 bridgehead atoms. The maximum atomic E-state index is 13.3. The molecule has 1 amide bonds. The van der Waals surface area contributed by atoms with Crippen molar-refractivity contribution in [2.45, 2.75) is 13.3 Å². The fraction of sp³-hybridized carbons (Fsp3) is 0.467. The van der Waals surface area contributed by atoms with Gasteiger partial charge in [0, 0.05) is 52.1 Å². The summed E-state index contributed by atoms with van der Waals surface area (Å²) in [5, 5.41) is 7.99. The lowest BCUT2D eigenvalue weighted by atomic mass is 10.1. The van der Waals surface area contributed by atoms with Crippen LogP contribution in [0.2, 0.25) is 0 Å². The molecular weight excluding hydrogens is 331 g/mol. The van der Waals surface area contributed by atoms with Crippen LogP contribution in [0, 0.1) is 5.82 Å². The Morgan fingerprint density at radius 1 is 1.38 bits per heavy atom. The molecule has 7 nitrogen and oxygen atoms in total. The van der Waals surface area contributed by atoms with Crippen molar-refractivity contribution in [2.75, 3.05) is 38.0 Å². The molecule has 1 aromatic rings. The van der Waals surface area contributed by atoms with Crippen molar-refractivity contribution in [3.63, 3.8) is 0 Å². The van der Waals surface area contributed by atoms with Gasteiger partial charge < -0.3 is 15.1 Å². The van der Waals surface area contributed by atoms with Gasteiger partial charge in [0.2, 0.25) is 5.91 Å². The molecule has 0 unspecified atom stereocenters. The molecule has 3 rings (SSSR count). The molecular formula is C15H19FN6OS. The molecule has 1 saturated heterocycles. The number of rotatable bonds is 1. The average Bonchev–Trinajstić information content (AvgIpc) is 2.59. The zero-order valence-corrected chi connectivity index (χ0v) is 14.2. The molecule has 2 aliphatic heterocycles. The van der Waals surface area contributed by atoms with Crippen LogP contribution in [-0.2, 0) is 4.79 Å². The van der Waals surface area contributed by atoms with Crippen molar-refractivity contribution in [3.8, 4) is 0 Å². The quantitative estimate of drug-likeness (QED) is 0.576. The fourth-order valence-corrected chi connectivity index (χ4v) is 2.99. The van der Waals surface area contributed by atoms with Gasteiger partial charge in [-0.3, -0.25) is 10.2 Å². The average molecular weight is 350 g/mol. The van der Waals surface area contributed by atoms with Crippen LogP contribution in [0.3, 0.4) is 0 Å². The number of nitrogens with zero attached hydrogens (tertiary/aromatic N) is 4. The number of carbonyl (C=O) groups excluding carboxylic acids is 1. The zero-order chi connectivity index (χ0) is 17.1. The summed E-state index contributed by atoms with van der Waals surface area (Å²) in [7, 11) is 0. The Balaban J connectivity index is 1.63. The van der Waals surface area contributed by atoms with Gasteiger partial charge in [0.05, 0.1) is 17.6 Å². The first-order chi connectivity index (χ1) is 11.5. The number of amides is 1. The number of nitrogens with one attached hydrogen (secondary N) is 2. The predicted octanol–water partition coefficient (Wildman–Crippen LogP) is 0.779. The first-order valence-electron chi connectivity index (χ1n) is 7.81. The molecule has 2 aliphatic rings. The summed E-state index contributed by atoms with van der Waals surface area (Å²) in [4.78, 5) is 19.2. The van der Waals surface area contributed by atoms with Crippen molar-refractivity contribution in [2.24, 2.45) is 5.10 Å². The molecule has 0 saturated carbocycles. The second-order valence-corrected chi connectivity index (χ2v) is 6.08. The van der Waals surface area contributed by atoms with E-state index in [0.29, 0.717) is 55.6 Å². The summed E-state index contributed by atoms with van der Waals surface area (Å²) >= 11 is 5.37. The smallest absolute Gasteiger partial charge is 0.219 e. The van der Waals surface area contributed by atoms with Crippen LogP contribution in [0.5, 0.6) is 0 Å². The Morgan fingerprint density at radius 2 is 2.08 bits per heavy atom. The van der Waals surface area contributed by atoms with E-state index in [-0.39, 0.29) is 11.7 Å². The van der Waals surface area contributed by atoms with Gasteiger partial charge >= 0.3 is 0 Å². The first-order valence-corrected chi connectivity index (χ1v) is 8.22. The number of hydrazone groups is 1. The van der Waals surface area contributed by atoms with Crippen LogP contribution < -0.4 is 10.7 Å². The summed E-state index contributed by atoms with van der Waals surface area (Å²) in [6.45, 7) is 4.91. The highest BCUT2D eigenvalue weighted by molar-refractivity contribution is 7.80. The Morgan fingerprint density at radius 3 is 2.79 bits per heavy atom. The summed E-state index contributed by atoms with van der Waals surface area (Å²) in [5.41, 5.74) is 4.93. The van der Waals surface area contributed by atoms with Gasteiger partial charge in [-0.1, -0.05) is 0 Å². The van der Waals surface area contributed by atoms with Gasteiger partial charge in [-0.2, -0.15) is 5.10 Å². The van der Waals surface area contributed by atoms with Crippen molar-refractivity contribution < 1.29 is 9.18 Å². The minimum Gasteiger partial charge on any atom is -0.383 e. The highest BCUT2D eigenvalue weighted by atomic mass is 32.1. The Hall–Kier alpha value is -2.29. The maximum Gasteiger partial charge on any atom is 0.219 e. The van der Waals surface area contributed by atoms with Gasteiger partial charge in [-0.15, -0.1) is 0 Å². The fourth-order valence-electron chi connectivity index (χ4n) is 2.76. The molecule has 0 radical (unpaired) electrons. The number of hydrogen-bond donors (Lipinski definition) is 2. The number of hydrogen-bond acceptors (Lipinski definition) is 5. The highest BCUT2D eigenvalue weighted by Gasteiger charge is 2.21. The number of pyridine rings is 1. The SMILES string of the molecule is CC(=O)N1CCN(C(=S)N/N=C2/CCNc3cc(F)cnc32)CC1. The van der Waals surface area contributed by atoms with Crippen LogP contribution in [0.1, 0.15) is 19.0 Å². The topological polar surface area (TPSA) is 72.9 Å². The van der Waals surface area contributed by atoms with E-state index < -0.39 is 0 Å². The Bertz CT molecular complexity index is 687. The van der Waals surface area contributed by atoms with E-state index in [1.165, 1.54) is 12.3 Å². The summed E-state index contributed by atoms with van der Waals surface area (Å²) in [6.07, 6.45) is 1.86. The van der Waals surface area contributed by atoms with E-state index in [0.717, 1.165) is 5.71 Å². The van der Waals surface area contributed by atoms with Crippen LogP contribution in [0.25, 0.3) is 0 Å². The van der Waals surface area contributed by atoms with Gasteiger partial charge in [-0.25, -0.2) is 9.37 Å². The van der Waals surface area contributed by atoms with Crippen LogP contribution in [0.15, 0.2) is 17.4 Å². The lowest BCUT2D eigenvalue weighted by Gasteiger charge is -2.35. The lowest BCUT2D eigenvalue weighted by Crippen LogP contribution is -2.52. The summed E-state index contributed by atoms with van der Waals surface area (Å²) in [6, 6.07) is 1.41. The van der Waals surface area contributed by atoms with E-state index >= 15 is 0 Å². The van der Waals surface area contributed by atoms with Gasteiger partial charge in [0.1, 0.15) is 11.5 Å². The number of anilines is 1. The lowest BCUT2D eigenvalue weighted by molar-refractivity contribution is -0.130. The molecule has 24 heavy (non-hydrogen) atoms. The minimum absolute atomic E-state index is 0.0818. The van der Waals surface area contributed by atoms with Gasteiger partial charge in [-0.05, 0) is 12.2 Å². The number of aromatic nitrogens is 1. The summed E-state index contributed by atoms with van der Waals surface area (Å²) in [5.74, 6) is -0.298. The van der Waals surface area contributed by atoms with E-state index in [1.54, 1.807) is 11.8 Å². The van der Waals surface area contributed by atoms with E-state index in [2.05, 4.69) is 20.8 Å². The van der Waals surface area contributed by atoms with Crippen LogP contribution in [0.4, 0.5) is 10.1 Å². The Labute approximate surface area is 144 Å². The molecule has 0 aromatic carbocycles. The minimum atomic E-state index is -0.380. The molecule has 0 atom stereocenters. The Kier molecular flexibility index (Phi) is 4.89. The maximum absolute atomic E-state index is 13.3. The van der Waals surface area contributed by atoms with Crippen LogP contribution >= 0.6 is 12.2 Å². The number of fused-ring (bicyclic) bond motifs is 1. The van der Waals surface area contributed by atoms with Crippen molar-refractivity contribution in [3.05, 3.63) is 23.8 Å². The zero-order valence-electron chi connectivity index (χ0n) is 13.4. The standard InChI is InChI=1S/C15H19FN6OS/c1-10(23)21-4-6-22(7-5-21)15(24)20-19-12-2-3-17-13-8-11(16)9-18-14(12)13/h8-9,17H,2-7H2,1H3,(H,20,24)/b19-12-. The molecule has 1 aromatic heterocycles. The molecule has 9 heteroatoms. The third-order valence-electron chi connectivity index (χ3n) is 4.10. The monoisotopic (exact) mass is 350 g/mol. The normalized spacial score (nSPS) is 18.8. The van der Waals surface area contributed by atoms with Crippen molar-refractivity contribution in [1.29, 1.82) is 0 Å². The van der Waals surface area contributed by atoms with Gasteiger partial charge in [0.25, 0.3) is 0 Å². The number of halogens is 1. The second kappa shape index (κ2) is 7.08. The summed E-state index contributed by atoms with van der Waals surface area (Å²) < 4.78 is 13.3. The molecule has 1 fully saturated rings. The van der Waals surface area contributed by atoms with Crippen LogP contribution in [-0.4, -0.2) is 64.2 Å². The second-order valence-electron chi connectivity index (χ2n) is 5.70. The largest absolute Gasteiger partial charge is 0.383 e. The van der Waals surface area contributed by atoms with E-state index in [4.69, 9.17) is 12.2 Å². The molecule has 128 valence electrons. The molecule has 3 heterocycles. The number of thiocarbonyl (C=S) groups is 1. The number of piperazine rings is 1. The van der Waals surface area contributed by atoms with E-state index in [1.807, 2.05) is 4.90 Å². The number of carbonyl (C=O) groups is 1. The first kappa shape index (κ1) is 16.6. The molecule has 2 N–H and O–H groups in total.